The Morgan fingerprint density at radius 3 is 3.05 bits per heavy atom. The van der Waals surface area contributed by atoms with Gasteiger partial charge in [0, 0.05) is 18.9 Å². The molecule has 0 spiro atoms. The van der Waals surface area contributed by atoms with Gasteiger partial charge >= 0.3 is 0 Å². The van der Waals surface area contributed by atoms with Crippen molar-refractivity contribution < 1.29 is 4.74 Å². The van der Waals surface area contributed by atoms with Crippen molar-refractivity contribution in [3.8, 4) is 5.75 Å². The van der Waals surface area contributed by atoms with Crippen LogP contribution in [0, 0.1) is 0 Å². The zero-order valence-electron chi connectivity index (χ0n) is 11.9. The molecule has 0 fully saturated rings. The molecule has 0 saturated carbocycles. The monoisotopic (exact) mass is 299 g/mol. The van der Waals surface area contributed by atoms with E-state index in [9.17, 15) is 0 Å². The van der Waals surface area contributed by atoms with Crippen molar-refractivity contribution in [1.82, 2.24) is 9.97 Å². The van der Waals surface area contributed by atoms with E-state index in [1.165, 1.54) is 5.56 Å². The highest BCUT2D eigenvalue weighted by Crippen LogP contribution is 2.29. The van der Waals surface area contributed by atoms with Crippen molar-refractivity contribution in [2.45, 2.75) is 13.3 Å². The summed E-state index contributed by atoms with van der Waals surface area (Å²) in [6.45, 7) is 3.52. The average molecular weight is 299 g/mol. The maximum Gasteiger partial charge on any atom is 0.183 e. The van der Waals surface area contributed by atoms with Crippen LogP contribution in [0.15, 0.2) is 42.7 Å². The average Bonchev–Trinajstić information content (AvgIpc) is 2.91. The topological polar surface area (TPSA) is 47.0 Å². The van der Waals surface area contributed by atoms with Crippen molar-refractivity contribution in [3.63, 3.8) is 0 Å². The molecule has 4 nitrogen and oxygen atoms in total. The van der Waals surface area contributed by atoms with Crippen LogP contribution in [0.2, 0.25) is 0 Å². The molecule has 0 bridgehead atoms. The molecule has 0 atom stereocenters. The lowest BCUT2D eigenvalue weighted by Gasteiger charge is -2.01. The number of pyridine rings is 1. The van der Waals surface area contributed by atoms with Gasteiger partial charge in [-0.2, -0.15) is 0 Å². The van der Waals surface area contributed by atoms with Crippen LogP contribution >= 0.6 is 11.3 Å². The Labute approximate surface area is 127 Å². The second-order valence-corrected chi connectivity index (χ2v) is 5.65. The number of ether oxygens (including phenoxy) is 1. The number of thiazole rings is 1. The minimum atomic E-state index is 0.681. The third-order valence-electron chi connectivity index (χ3n) is 3.08. The molecule has 108 valence electrons. The van der Waals surface area contributed by atoms with Crippen LogP contribution in [0.25, 0.3) is 10.2 Å². The highest BCUT2D eigenvalue weighted by Gasteiger charge is 2.05. The van der Waals surface area contributed by atoms with Crippen LogP contribution in [0.1, 0.15) is 12.5 Å². The number of aromatic nitrogens is 2. The summed E-state index contributed by atoms with van der Waals surface area (Å²) in [6.07, 6.45) is 4.63. The second kappa shape index (κ2) is 6.54. The zero-order valence-corrected chi connectivity index (χ0v) is 12.7. The lowest BCUT2D eigenvalue weighted by atomic mass is 10.2. The Balaban J connectivity index is 1.64. The van der Waals surface area contributed by atoms with E-state index in [0.29, 0.717) is 6.61 Å². The highest BCUT2D eigenvalue weighted by atomic mass is 32.1. The number of nitrogens with zero attached hydrogens (tertiary/aromatic N) is 2. The largest absolute Gasteiger partial charge is 0.494 e. The molecular formula is C16H17N3OS. The summed E-state index contributed by atoms with van der Waals surface area (Å²) in [5.41, 5.74) is 2.23. The molecule has 3 aromatic rings. The first-order valence-corrected chi connectivity index (χ1v) is 7.83. The summed E-state index contributed by atoms with van der Waals surface area (Å²) in [5, 5.41) is 4.32. The van der Waals surface area contributed by atoms with E-state index in [1.54, 1.807) is 17.5 Å². The van der Waals surface area contributed by atoms with Crippen LogP contribution in [0.5, 0.6) is 5.75 Å². The Morgan fingerprint density at radius 2 is 2.24 bits per heavy atom. The van der Waals surface area contributed by atoms with Gasteiger partial charge in [0.05, 0.1) is 16.8 Å². The summed E-state index contributed by atoms with van der Waals surface area (Å²) < 4.78 is 6.66. The molecule has 5 heteroatoms. The molecule has 1 N–H and O–H groups in total. The molecular weight excluding hydrogens is 282 g/mol. The number of nitrogens with one attached hydrogen (secondary N) is 1. The van der Waals surface area contributed by atoms with Gasteiger partial charge in [-0.1, -0.05) is 17.4 Å². The van der Waals surface area contributed by atoms with Crippen molar-refractivity contribution in [2.24, 2.45) is 0 Å². The molecule has 0 radical (unpaired) electrons. The Hall–Kier alpha value is -2.14. The van der Waals surface area contributed by atoms with Crippen LogP contribution in [-0.2, 0) is 6.42 Å². The Morgan fingerprint density at radius 1 is 1.29 bits per heavy atom. The van der Waals surface area contributed by atoms with Crippen LogP contribution in [0.4, 0.5) is 5.13 Å². The Bertz CT molecular complexity index is 712. The fourth-order valence-corrected chi connectivity index (χ4v) is 3.02. The number of rotatable bonds is 6. The van der Waals surface area contributed by atoms with Gasteiger partial charge in [-0.05, 0) is 43.2 Å². The van der Waals surface area contributed by atoms with E-state index in [-0.39, 0.29) is 0 Å². The van der Waals surface area contributed by atoms with Crippen LogP contribution in [-0.4, -0.2) is 23.1 Å². The summed E-state index contributed by atoms with van der Waals surface area (Å²) in [5.74, 6) is 0.899. The van der Waals surface area contributed by atoms with Crippen molar-refractivity contribution >= 4 is 26.7 Å². The molecule has 2 heterocycles. The molecule has 1 aromatic carbocycles. The SMILES string of the molecule is CCOc1ccc2nc(NCCc3cccnc3)sc2c1. The fraction of sp³-hybridized carbons (Fsp3) is 0.250. The minimum Gasteiger partial charge on any atom is -0.494 e. The normalized spacial score (nSPS) is 10.7. The third-order valence-corrected chi connectivity index (χ3v) is 4.06. The molecule has 0 unspecified atom stereocenters. The standard InChI is InChI=1S/C16H17N3OS/c1-2-20-13-5-6-14-15(10-13)21-16(19-14)18-9-7-12-4-3-8-17-11-12/h3-6,8,10-11H,2,7,9H2,1H3,(H,18,19). The first-order chi connectivity index (χ1) is 10.3. The summed E-state index contributed by atoms with van der Waals surface area (Å²) in [6, 6.07) is 10.1. The number of benzene rings is 1. The van der Waals surface area contributed by atoms with E-state index < -0.39 is 0 Å². The van der Waals surface area contributed by atoms with E-state index in [4.69, 9.17) is 4.74 Å². The minimum absolute atomic E-state index is 0.681. The highest BCUT2D eigenvalue weighted by molar-refractivity contribution is 7.22. The first kappa shape index (κ1) is 13.8. The van der Waals surface area contributed by atoms with Crippen molar-refractivity contribution in [1.29, 1.82) is 0 Å². The molecule has 0 aliphatic rings. The van der Waals surface area contributed by atoms with Gasteiger partial charge in [-0.15, -0.1) is 0 Å². The van der Waals surface area contributed by atoms with E-state index >= 15 is 0 Å². The first-order valence-electron chi connectivity index (χ1n) is 7.01. The van der Waals surface area contributed by atoms with E-state index in [0.717, 1.165) is 34.1 Å². The summed E-state index contributed by atoms with van der Waals surface area (Å²) in [7, 11) is 0. The molecule has 2 aromatic heterocycles. The number of hydrogen-bond donors (Lipinski definition) is 1. The quantitative estimate of drug-likeness (QED) is 0.753. The van der Waals surface area contributed by atoms with Crippen LogP contribution in [0.3, 0.4) is 0 Å². The van der Waals surface area contributed by atoms with Gasteiger partial charge in [-0.3, -0.25) is 4.98 Å². The van der Waals surface area contributed by atoms with Crippen molar-refractivity contribution in [2.75, 3.05) is 18.5 Å². The third kappa shape index (κ3) is 3.49. The maximum absolute atomic E-state index is 5.51. The van der Waals surface area contributed by atoms with Gasteiger partial charge in [-0.25, -0.2) is 4.98 Å². The van der Waals surface area contributed by atoms with Crippen molar-refractivity contribution in [3.05, 3.63) is 48.3 Å². The molecule has 21 heavy (non-hydrogen) atoms. The predicted molar refractivity (Wildman–Crippen MR) is 87.2 cm³/mol. The summed E-state index contributed by atoms with van der Waals surface area (Å²) >= 11 is 1.65. The molecule has 3 rings (SSSR count). The van der Waals surface area contributed by atoms with E-state index in [1.807, 2.05) is 37.4 Å². The lowest BCUT2D eigenvalue weighted by Crippen LogP contribution is -2.04. The fourth-order valence-electron chi connectivity index (χ4n) is 2.10. The predicted octanol–water partition coefficient (Wildman–Crippen LogP) is 3.74. The molecule has 0 amide bonds. The maximum atomic E-state index is 5.51. The Kier molecular flexibility index (Phi) is 4.31. The molecule has 0 aliphatic heterocycles. The lowest BCUT2D eigenvalue weighted by molar-refractivity contribution is 0.341. The number of anilines is 1. The smallest absolute Gasteiger partial charge is 0.183 e. The zero-order chi connectivity index (χ0) is 14.5. The van der Waals surface area contributed by atoms with Gasteiger partial charge in [0.15, 0.2) is 5.13 Å². The van der Waals surface area contributed by atoms with E-state index in [2.05, 4.69) is 21.4 Å². The molecule has 0 saturated heterocycles. The van der Waals surface area contributed by atoms with Gasteiger partial charge in [0.2, 0.25) is 0 Å². The number of hydrogen-bond acceptors (Lipinski definition) is 5. The molecule has 0 aliphatic carbocycles. The van der Waals surface area contributed by atoms with Gasteiger partial charge in [0.25, 0.3) is 0 Å². The van der Waals surface area contributed by atoms with Gasteiger partial charge < -0.3 is 10.1 Å². The second-order valence-electron chi connectivity index (χ2n) is 4.62. The van der Waals surface area contributed by atoms with Gasteiger partial charge in [0.1, 0.15) is 5.75 Å². The van der Waals surface area contributed by atoms with Crippen LogP contribution < -0.4 is 10.1 Å². The summed E-state index contributed by atoms with van der Waals surface area (Å²) in [4.78, 5) is 8.70. The number of fused-ring (bicyclic) bond motifs is 1.